The number of nitrogens with zero attached hydrogens (tertiary/aromatic N) is 2. The number of carbonyl (C=O) groups is 3. The molecule has 1 aliphatic rings. The van der Waals surface area contributed by atoms with Crippen molar-refractivity contribution in [1.29, 1.82) is 5.26 Å². The first-order chi connectivity index (χ1) is 14.6. The van der Waals surface area contributed by atoms with E-state index in [0.717, 1.165) is 4.90 Å². The highest BCUT2D eigenvalue weighted by atomic mass is 16.6. The van der Waals surface area contributed by atoms with Crippen LogP contribution in [-0.2, 0) is 9.47 Å². The van der Waals surface area contributed by atoms with Gasteiger partial charge in [-0.15, -0.1) is 0 Å². The summed E-state index contributed by atoms with van der Waals surface area (Å²) in [6.07, 6.45) is -0.398. The summed E-state index contributed by atoms with van der Waals surface area (Å²) in [6.45, 7) is 9.61. The second-order valence-electron chi connectivity index (χ2n) is 9.38. The van der Waals surface area contributed by atoms with Crippen LogP contribution in [-0.4, -0.2) is 57.8 Å². The quantitative estimate of drug-likeness (QED) is 0.681. The maximum absolute atomic E-state index is 12.8. The maximum Gasteiger partial charge on any atom is 0.488 e. The van der Waals surface area contributed by atoms with Crippen LogP contribution in [0.15, 0.2) is 18.2 Å². The van der Waals surface area contributed by atoms with E-state index >= 15 is 0 Å². The monoisotopic (exact) mass is 442 g/mol. The van der Waals surface area contributed by atoms with Crippen molar-refractivity contribution in [3.05, 3.63) is 34.9 Å². The second kappa shape index (κ2) is 9.14. The Kier molecular flexibility index (Phi) is 7.17. The molecular formula is C22H27BN2O7. The van der Waals surface area contributed by atoms with Gasteiger partial charge in [0, 0.05) is 12.0 Å². The van der Waals surface area contributed by atoms with E-state index in [1.54, 1.807) is 41.5 Å². The van der Waals surface area contributed by atoms with Crippen molar-refractivity contribution in [1.82, 2.24) is 4.90 Å². The van der Waals surface area contributed by atoms with E-state index in [-0.39, 0.29) is 40.9 Å². The number of benzene rings is 1. The third-order valence-electron chi connectivity index (χ3n) is 4.29. The number of Topliss-reactive ketones (excluding diaryl/α,β-unsaturated/α-hetero) is 1. The number of amides is 2. The van der Waals surface area contributed by atoms with Crippen molar-refractivity contribution >= 4 is 36.1 Å². The Labute approximate surface area is 187 Å². The number of nitriles is 1. The minimum atomic E-state index is -1.88. The highest BCUT2D eigenvalue weighted by Crippen LogP contribution is 2.30. The van der Waals surface area contributed by atoms with Crippen LogP contribution >= 0.6 is 0 Å². The van der Waals surface area contributed by atoms with Crippen LogP contribution in [0.4, 0.5) is 9.59 Å². The predicted molar refractivity (Wildman–Crippen MR) is 117 cm³/mol. The molecule has 0 unspecified atom stereocenters. The molecule has 1 aromatic carbocycles. The van der Waals surface area contributed by atoms with Crippen LogP contribution in [0.25, 0.3) is 5.57 Å². The van der Waals surface area contributed by atoms with Crippen LogP contribution in [0.2, 0.25) is 0 Å². The van der Waals surface area contributed by atoms with E-state index < -0.39 is 30.5 Å². The minimum absolute atomic E-state index is 0.00184. The van der Waals surface area contributed by atoms with E-state index in [2.05, 4.69) is 0 Å². The van der Waals surface area contributed by atoms with Gasteiger partial charge in [0.05, 0.1) is 18.2 Å². The van der Waals surface area contributed by atoms with Gasteiger partial charge in [0.25, 0.3) is 0 Å². The van der Waals surface area contributed by atoms with Gasteiger partial charge in [-0.2, -0.15) is 5.26 Å². The molecule has 2 amide bonds. The minimum Gasteiger partial charge on any atom is -0.443 e. The molecule has 10 heteroatoms. The topological polar surface area (TPSA) is 137 Å². The zero-order valence-electron chi connectivity index (χ0n) is 19.1. The van der Waals surface area contributed by atoms with Gasteiger partial charge in [-0.25, -0.2) is 14.5 Å². The standard InChI is InChI=1S/C22H27BN2O7/c1-21(2,3)31-19(27)25(20(28)32-22(4,5)6)12-13-7-8-17(26)18-14(11-24)9-15(23(29)30)10-16(13)18/h7,9-10,29-30H,8,12H2,1-6H3. The first-order valence-corrected chi connectivity index (χ1v) is 10.0. The summed E-state index contributed by atoms with van der Waals surface area (Å²) in [5, 5.41) is 28.7. The molecule has 2 N–H and O–H groups in total. The molecule has 2 rings (SSSR count). The highest BCUT2D eigenvalue weighted by molar-refractivity contribution is 6.58. The molecule has 0 radical (unpaired) electrons. The van der Waals surface area contributed by atoms with Gasteiger partial charge in [0.1, 0.15) is 11.2 Å². The summed E-state index contributed by atoms with van der Waals surface area (Å²) in [5.74, 6) is -0.333. The highest BCUT2D eigenvalue weighted by Gasteiger charge is 2.34. The summed E-state index contributed by atoms with van der Waals surface area (Å²) in [7, 11) is -1.88. The third-order valence-corrected chi connectivity index (χ3v) is 4.29. The van der Waals surface area contributed by atoms with Crippen molar-refractivity contribution in [3.8, 4) is 6.07 Å². The molecular weight excluding hydrogens is 415 g/mol. The van der Waals surface area contributed by atoms with E-state index in [9.17, 15) is 29.7 Å². The number of fused-ring (bicyclic) bond motifs is 1. The van der Waals surface area contributed by atoms with Crippen LogP contribution in [0, 0.1) is 11.3 Å². The molecule has 0 fully saturated rings. The lowest BCUT2D eigenvalue weighted by molar-refractivity contribution is 0.00411. The fourth-order valence-electron chi connectivity index (χ4n) is 3.04. The van der Waals surface area contributed by atoms with Crippen molar-refractivity contribution in [2.45, 2.75) is 59.2 Å². The molecule has 0 aliphatic heterocycles. The van der Waals surface area contributed by atoms with Gasteiger partial charge in [-0.3, -0.25) is 4.79 Å². The Hall–Kier alpha value is -3.16. The summed E-state index contributed by atoms with van der Waals surface area (Å²) < 4.78 is 10.7. The fourth-order valence-corrected chi connectivity index (χ4v) is 3.04. The van der Waals surface area contributed by atoms with Crippen LogP contribution in [0.1, 0.15) is 69.4 Å². The third kappa shape index (κ3) is 6.18. The van der Waals surface area contributed by atoms with Crippen LogP contribution in [0.3, 0.4) is 0 Å². The summed E-state index contributed by atoms with van der Waals surface area (Å²) >= 11 is 0. The Morgan fingerprint density at radius 2 is 1.62 bits per heavy atom. The Morgan fingerprint density at radius 1 is 1.09 bits per heavy atom. The molecule has 9 nitrogen and oxygen atoms in total. The molecule has 0 spiro atoms. The van der Waals surface area contributed by atoms with Crippen molar-refractivity contribution in [3.63, 3.8) is 0 Å². The fraction of sp³-hybridized carbons (Fsp3) is 0.455. The number of allylic oxidation sites excluding steroid dienone is 1. The molecule has 170 valence electrons. The molecule has 0 aromatic heterocycles. The Bertz CT molecular complexity index is 983. The molecule has 0 heterocycles. The van der Waals surface area contributed by atoms with Gasteiger partial charge in [0.2, 0.25) is 0 Å². The van der Waals surface area contributed by atoms with Crippen LogP contribution in [0.5, 0.6) is 0 Å². The molecule has 0 saturated heterocycles. The lowest BCUT2D eigenvalue weighted by Gasteiger charge is -2.30. The molecule has 32 heavy (non-hydrogen) atoms. The summed E-state index contributed by atoms with van der Waals surface area (Å²) in [4.78, 5) is 38.9. The van der Waals surface area contributed by atoms with Gasteiger partial charge in [0.15, 0.2) is 5.78 Å². The molecule has 1 aliphatic carbocycles. The average molecular weight is 442 g/mol. The van der Waals surface area contributed by atoms with E-state index in [1.165, 1.54) is 18.2 Å². The number of ketones is 1. The zero-order chi connectivity index (χ0) is 24.4. The SMILES string of the molecule is CC(C)(C)OC(=O)N(CC1=CCC(=O)c2c(C#N)cc(B(O)O)cc21)C(=O)OC(C)(C)C. The number of hydrogen-bond acceptors (Lipinski definition) is 8. The van der Waals surface area contributed by atoms with Gasteiger partial charge < -0.3 is 19.5 Å². The van der Waals surface area contributed by atoms with Crippen molar-refractivity contribution in [2.24, 2.45) is 0 Å². The summed E-state index contributed by atoms with van der Waals surface area (Å²) in [6, 6.07) is 4.47. The molecule has 0 atom stereocenters. The molecule has 0 bridgehead atoms. The second-order valence-corrected chi connectivity index (χ2v) is 9.38. The largest absolute Gasteiger partial charge is 0.488 e. The lowest BCUT2D eigenvalue weighted by Crippen LogP contribution is -2.44. The van der Waals surface area contributed by atoms with Crippen molar-refractivity contribution < 1.29 is 33.9 Å². The first kappa shape index (κ1) is 25.1. The van der Waals surface area contributed by atoms with Gasteiger partial charge >= 0.3 is 19.3 Å². The lowest BCUT2D eigenvalue weighted by atomic mass is 9.75. The van der Waals surface area contributed by atoms with Gasteiger partial charge in [-0.05, 0) is 64.2 Å². The number of ether oxygens (including phenoxy) is 2. The number of hydrogen-bond donors (Lipinski definition) is 2. The van der Waals surface area contributed by atoms with Crippen LogP contribution < -0.4 is 5.46 Å². The Balaban J connectivity index is 2.54. The summed E-state index contributed by atoms with van der Waals surface area (Å²) in [5.41, 5.74) is -1.08. The van der Waals surface area contributed by atoms with E-state index in [0.29, 0.717) is 5.57 Å². The normalized spacial score (nSPS) is 13.5. The first-order valence-electron chi connectivity index (χ1n) is 10.0. The van der Waals surface area contributed by atoms with Gasteiger partial charge in [-0.1, -0.05) is 12.1 Å². The predicted octanol–water partition coefficient (Wildman–Crippen LogP) is 2.38. The van der Waals surface area contributed by atoms with E-state index in [4.69, 9.17) is 9.47 Å². The molecule has 0 saturated carbocycles. The number of carbonyl (C=O) groups excluding carboxylic acids is 3. The zero-order valence-corrected chi connectivity index (χ0v) is 19.1. The Morgan fingerprint density at radius 3 is 2.06 bits per heavy atom. The molecule has 1 aromatic rings. The van der Waals surface area contributed by atoms with E-state index in [1.807, 2.05) is 6.07 Å². The maximum atomic E-state index is 12.8. The van der Waals surface area contributed by atoms with Crippen molar-refractivity contribution in [2.75, 3.05) is 6.54 Å². The average Bonchev–Trinajstić information content (AvgIpc) is 2.63. The number of imide groups is 1. The number of rotatable bonds is 3. The smallest absolute Gasteiger partial charge is 0.443 e.